The molecule has 2 atom stereocenters. The van der Waals surface area contributed by atoms with Crippen molar-refractivity contribution in [3.05, 3.63) is 167 Å². The summed E-state index contributed by atoms with van der Waals surface area (Å²) in [6.45, 7) is 5.98. The number of rotatable bonds is 8. The van der Waals surface area contributed by atoms with Crippen LogP contribution in [0.3, 0.4) is 0 Å². The number of amidine groups is 2. The lowest BCUT2D eigenvalue weighted by Crippen LogP contribution is -2.31. The number of nitrogens with zero attached hydrogens (tertiary/aromatic N) is 4. The fourth-order valence-electron chi connectivity index (χ4n) is 6.32. The van der Waals surface area contributed by atoms with Crippen molar-refractivity contribution in [3.63, 3.8) is 0 Å². The van der Waals surface area contributed by atoms with E-state index < -0.39 is 0 Å². The molecule has 0 amide bonds. The van der Waals surface area contributed by atoms with Gasteiger partial charge in [-0.3, -0.25) is 9.98 Å². The van der Waals surface area contributed by atoms with Crippen LogP contribution in [-0.2, 0) is 12.8 Å². The van der Waals surface area contributed by atoms with Crippen LogP contribution in [0.25, 0.3) is 0 Å². The van der Waals surface area contributed by atoms with Gasteiger partial charge in [0.05, 0.1) is 12.1 Å². The van der Waals surface area contributed by atoms with E-state index in [1.165, 1.54) is 33.6 Å². The zero-order valence-corrected chi connectivity index (χ0v) is 25.5. The average molecular weight is 575 g/mol. The molecule has 0 aliphatic carbocycles. The third kappa shape index (κ3) is 6.07. The molecule has 0 saturated carbocycles. The highest BCUT2D eigenvalue weighted by molar-refractivity contribution is 6.15. The summed E-state index contributed by atoms with van der Waals surface area (Å²) in [5.41, 5.74) is 9.76. The molecule has 0 fully saturated rings. The van der Waals surface area contributed by atoms with Crippen molar-refractivity contribution in [1.82, 2.24) is 0 Å². The molecule has 2 heterocycles. The van der Waals surface area contributed by atoms with Crippen molar-refractivity contribution in [2.24, 2.45) is 9.98 Å². The number of aliphatic imine (C=N–C) groups is 2. The van der Waals surface area contributed by atoms with E-state index in [0.29, 0.717) is 0 Å². The van der Waals surface area contributed by atoms with Gasteiger partial charge >= 0.3 is 0 Å². The molecule has 2 aliphatic rings. The van der Waals surface area contributed by atoms with Gasteiger partial charge in [0.2, 0.25) is 0 Å². The van der Waals surface area contributed by atoms with Crippen LogP contribution in [0.15, 0.2) is 143 Å². The second-order valence-corrected chi connectivity index (χ2v) is 12.1. The zero-order chi connectivity index (χ0) is 29.9. The SMILES string of the molecule is Cc1ccc(N2C[C@H](Cc3ccccc3)N=C2c2cccc(C3=N[C@@H](Cc4ccccc4)CN3c3ccc(C)cc3)c2)cc1. The van der Waals surface area contributed by atoms with Gasteiger partial charge in [-0.2, -0.15) is 0 Å². The van der Waals surface area contributed by atoms with Crippen LogP contribution in [0.2, 0.25) is 0 Å². The standard InChI is InChI=1S/C40H38N4/c1-29-16-20-37(21-17-29)43-27-35(24-31-10-5-3-6-11-31)41-39(43)33-14-9-15-34(26-33)40-42-36(25-32-12-7-4-8-13-32)28-44(40)38-22-18-30(2)19-23-38/h3-23,26,35-36H,24-25,27-28H2,1-2H3/t35-,36-/m0/s1. The summed E-state index contributed by atoms with van der Waals surface area (Å²) in [4.78, 5) is 15.5. The number of benzene rings is 5. The molecule has 5 aromatic carbocycles. The van der Waals surface area contributed by atoms with Crippen LogP contribution in [-0.4, -0.2) is 36.8 Å². The van der Waals surface area contributed by atoms with E-state index in [9.17, 15) is 0 Å². The zero-order valence-electron chi connectivity index (χ0n) is 25.5. The van der Waals surface area contributed by atoms with Crippen molar-refractivity contribution in [2.45, 2.75) is 38.8 Å². The van der Waals surface area contributed by atoms with Gasteiger partial charge in [0.25, 0.3) is 0 Å². The van der Waals surface area contributed by atoms with E-state index in [1.54, 1.807) is 0 Å². The molecule has 4 nitrogen and oxygen atoms in total. The molecule has 44 heavy (non-hydrogen) atoms. The first-order valence-electron chi connectivity index (χ1n) is 15.6. The van der Waals surface area contributed by atoms with Gasteiger partial charge in [0.1, 0.15) is 11.7 Å². The molecule has 0 saturated heterocycles. The van der Waals surface area contributed by atoms with Crippen LogP contribution in [0, 0.1) is 13.8 Å². The topological polar surface area (TPSA) is 31.2 Å². The molecule has 5 aromatic rings. The lowest BCUT2D eigenvalue weighted by Gasteiger charge is -2.24. The number of aryl methyl sites for hydroxylation is 2. The second-order valence-electron chi connectivity index (χ2n) is 12.1. The second kappa shape index (κ2) is 12.3. The summed E-state index contributed by atoms with van der Waals surface area (Å²) in [6, 6.07) is 48.2. The van der Waals surface area contributed by atoms with Gasteiger partial charge in [0, 0.05) is 35.6 Å². The minimum absolute atomic E-state index is 0.181. The van der Waals surface area contributed by atoms with Crippen molar-refractivity contribution < 1.29 is 0 Å². The maximum absolute atomic E-state index is 5.35. The summed E-state index contributed by atoms with van der Waals surface area (Å²) in [5.74, 6) is 2.05. The Balaban J connectivity index is 1.25. The predicted molar refractivity (Wildman–Crippen MR) is 184 cm³/mol. The van der Waals surface area contributed by atoms with Crippen LogP contribution in [0.4, 0.5) is 11.4 Å². The fraction of sp³-hybridized carbons (Fsp3) is 0.200. The summed E-state index contributed by atoms with van der Waals surface area (Å²) in [7, 11) is 0. The molecule has 0 N–H and O–H groups in total. The quantitative estimate of drug-likeness (QED) is 0.188. The molecule has 0 radical (unpaired) electrons. The highest BCUT2D eigenvalue weighted by Gasteiger charge is 2.30. The summed E-state index contributed by atoms with van der Waals surface area (Å²) >= 11 is 0. The molecule has 0 bridgehead atoms. The number of anilines is 2. The van der Waals surface area contributed by atoms with Crippen LogP contribution >= 0.6 is 0 Å². The molecular formula is C40H38N4. The Morgan fingerprint density at radius 3 is 1.32 bits per heavy atom. The normalized spacial score (nSPS) is 18.0. The molecule has 2 aliphatic heterocycles. The molecule has 0 spiro atoms. The van der Waals surface area contributed by atoms with Gasteiger partial charge in [-0.15, -0.1) is 0 Å². The van der Waals surface area contributed by atoms with Crippen LogP contribution in [0.5, 0.6) is 0 Å². The highest BCUT2D eigenvalue weighted by atomic mass is 15.3. The van der Waals surface area contributed by atoms with Crippen molar-refractivity contribution >= 4 is 23.0 Å². The number of hydrogen-bond donors (Lipinski definition) is 0. The molecule has 7 rings (SSSR count). The van der Waals surface area contributed by atoms with Crippen LogP contribution < -0.4 is 9.80 Å². The van der Waals surface area contributed by atoms with Gasteiger partial charge in [-0.1, -0.05) is 114 Å². The summed E-state index contributed by atoms with van der Waals surface area (Å²) in [6.07, 6.45) is 1.84. The maximum Gasteiger partial charge on any atom is 0.135 e. The molecule has 0 aromatic heterocycles. The minimum Gasteiger partial charge on any atom is -0.324 e. The monoisotopic (exact) mass is 574 g/mol. The number of hydrogen-bond acceptors (Lipinski definition) is 4. The smallest absolute Gasteiger partial charge is 0.135 e. The fourth-order valence-corrected chi connectivity index (χ4v) is 6.32. The summed E-state index contributed by atoms with van der Waals surface area (Å²) in [5, 5.41) is 0. The Morgan fingerprint density at radius 2 is 0.909 bits per heavy atom. The van der Waals surface area contributed by atoms with Crippen LogP contribution in [0.1, 0.15) is 33.4 Å². The lowest BCUT2D eigenvalue weighted by molar-refractivity contribution is 0.713. The van der Waals surface area contributed by atoms with E-state index in [2.05, 4.69) is 157 Å². The first kappa shape index (κ1) is 27.8. The first-order chi connectivity index (χ1) is 21.6. The minimum atomic E-state index is 0.181. The largest absolute Gasteiger partial charge is 0.324 e. The van der Waals surface area contributed by atoms with Gasteiger partial charge in [-0.25, -0.2) is 0 Å². The van der Waals surface area contributed by atoms with E-state index in [4.69, 9.17) is 9.98 Å². The third-order valence-electron chi connectivity index (χ3n) is 8.61. The van der Waals surface area contributed by atoms with E-state index in [1.807, 2.05) is 0 Å². The lowest BCUT2D eigenvalue weighted by atomic mass is 10.1. The van der Waals surface area contributed by atoms with Gasteiger partial charge in [-0.05, 0) is 68.1 Å². The Hall–Kier alpha value is -4.96. The Labute approximate surface area is 261 Å². The third-order valence-corrected chi connectivity index (χ3v) is 8.61. The molecule has 0 unspecified atom stereocenters. The van der Waals surface area contributed by atoms with Crippen molar-refractivity contribution in [1.29, 1.82) is 0 Å². The van der Waals surface area contributed by atoms with Gasteiger partial charge in [0.15, 0.2) is 0 Å². The highest BCUT2D eigenvalue weighted by Crippen LogP contribution is 2.29. The first-order valence-corrected chi connectivity index (χ1v) is 15.6. The van der Waals surface area contributed by atoms with Crippen molar-refractivity contribution in [3.8, 4) is 0 Å². The van der Waals surface area contributed by atoms with Crippen molar-refractivity contribution in [2.75, 3.05) is 22.9 Å². The molecular weight excluding hydrogens is 536 g/mol. The maximum atomic E-state index is 5.35. The predicted octanol–water partition coefficient (Wildman–Crippen LogP) is 8.06. The summed E-state index contributed by atoms with van der Waals surface area (Å²) < 4.78 is 0. The Morgan fingerprint density at radius 1 is 0.500 bits per heavy atom. The van der Waals surface area contributed by atoms with E-state index in [-0.39, 0.29) is 12.1 Å². The Kier molecular flexibility index (Phi) is 7.81. The van der Waals surface area contributed by atoms with Gasteiger partial charge < -0.3 is 9.80 Å². The molecule has 218 valence electrons. The van der Waals surface area contributed by atoms with E-state index >= 15 is 0 Å². The molecule has 4 heteroatoms. The van der Waals surface area contributed by atoms with E-state index in [0.717, 1.165) is 48.7 Å². The Bertz CT molecular complexity index is 1640. The average Bonchev–Trinajstić information content (AvgIpc) is 3.68.